The first-order valence-electron chi connectivity index (χ1n) is 11.0. The van der Waals surface area contributed by atoms with E-state index in [0.29, 0.717) is 19.8 Å². The van der Waals surface area contributed by atoms with Crippen LogP contribution in [0, 0.1) is 5.82 Å². The number of pyridine rings is 1. The van der Waals surface area contributed by atoms with E-state index in [1.807, 2.05) is 0 Å². The van der Waals surface area contributed by atoms with E-state index in [1.54, 1.807) is 4.90 Å². The quantitative estimate of drug-likeness (QED) is 0.640. The zero-order valence-electron chi connectivity index (χ0n) is 18.1. The van der Waals surface area contributed by atoms with Crippen LogP contribution in [0.4, 0.5) is 17.6 Å². The van der Waals surface area contributed by atoms with Gasteiger partial charge >= 0.3 is 6.18 Å². The molecule has 0 aliphatic heterocycles. The van der Waals surface area contributed by atoms with E-state index in [1.165, 1.54) is 30.5 Å². The number of carbonyl (C=O) groups excluding carboxylic acids is 1. The number of hydrogen-bond acceptors (Lipinski definition) is 4. The van der Waals surface area contributed by atoms with Crippen molar-refractivity contribution in [3.63, 3.8) is 0 Å². The minimum atomic E-state index is -4.84. The Hall–Kier alpha value is -2.52. The first-order chi connectivity index (χ1) is 15.4. The second kappa shape index (κ2) is 8.36. The number of rotatable bonds is 5. The molecule has 178 valence electrons. The van der Waals surface area contributed by atoms with Gasteiger partial charge in [0.1, 0.15) is 17.1 Å². The molecule has 2 aliphatic carbocycles. The smallest absolute Gasteiger partial charge is 0.383 e. The normalized spacial score (nSPS) is 25.4. The molecular weight excluding hydrogens is 440 g/mol. The van der Waals surface area contributed by atoms with E-state index in [-0.39, 0.29) is 47.7 Å². The van der Waals surface area contributed by atoms with Crippen LogP contribution in [0.25, 0.3) is 0 Å². The van der Waals surface area contributed by atoms with Crippen LogP contribution in [0.3, 0.4) is 0 Å². The number of hydrogen-bond donors (Lipinski definition) is 2. The van der Waals surface area contributed by atoms with Gasteiger partial charge in [0.25, 0.3) is 5.91 Å². The summed E-state index contributed by atoms with van der Waals surface area (Å²) in [5.74, 6) is -0.862. The van der Waals surface area contributed by atoms with E-state index in [0.717, 1.165) is 25.0 Å². The molecule has 33 heavy (non-hydrogen) atoms. The number of aliphatic hydroxyl groups is 2. The second-order valence-corrected chi connectivity index (χ2v) is 9.19. The molecule has 1 aromatic heterocycles. The fourth-order valence-corrected chi connectivity index (χ4v) is 4.56. The average molecular weight is 466 g/mol. The van der Waals surface area contributed by atoms with Crippen molar-refractivity contribution in [2.45, 2.75) is 74.9 Å². The standard InChI is InChI=1S/C24H26F4N2O3/c1-22(32,24(26,27)28)16-6-4-15(5-7-16)21(31)30(17-8-9-17)18-10-12-23(33,13-11-18)20-19(25)3-2-14-29-20/h2-7,14,17-18,32-33H,8-13H2,1H3/t18-,22-,23-/m0/s1. The van der Waals surface area contributed by atoms with Gasteiger partial charge in [-0.2, -0.15) is 13.2 Å². The van der Waals surface area contributed by atoms with E-state index in [2.05, 4.69) is 4.98 Å². The Bertz CT molecular complexity index is 1010. The van der Waals surface area contributed by atoms with Crippen molar-refractivity contribution < 1.29 is 32.6 Å². The lowest BCUT2D eigenvalue weighted by Crippen LogP contribution is -2.47. The molecule has 0 spiro atoms. The van der Waals surface area contributed by atoms with Crippen molar-refractivity contribution in [1.29, 1.82) is 0 Å². The van der Waals surface area contributed by atoms with Crippen molar-refractivity contribution in [1.82, 2.24) is 9.88 Å². The molecule has 1 heterocycles. The SMILES string of the molecule is C[C@](O)(c1ccc(C(=O)N(C2CC2)[C@H]2CC[C@@](O)(c3ncccc3F)CC2)cc1)C(F)(F)F. The van der Waals surface area contributed by atoms with Crippen LogP contribution >= 0.6 is 0 Å². The lowest BCUT2D eigenvalue weighted by atomic mass is 9.79. The average Bonchev–Trinajstić information content (AvgIpc) is 3.60. The third-order valence-electron chi connectivity index (χ3n) is 6.80. The van der Waals surface area contributed by atoms with Crippen LogP contribution in [-0.2, 0) is 11.2 Å². The Labute approximate surface area is 189 Å². The molecule has 9 heteroatoms. The summed E-state index contributed by atoms with van der Waals surface area (Å²) in [5, 5.41) is 20.8. The summed E-state index contributed by atoms with van der Waals surface area (Å²) in [6, 6.07) is 7.43. The highest BCUT2D eigenvalue weighted by molar-refractivity contribution is 5.95. The molecule has 2 aromatic rings. The molecule has 2 fully saturated rings. The molecule has 1 aromatic carbocycles. The van der Waals surface area contributed by atoms with Crippen LogP contribution in [0.15, 0.2) is 42.6 Å². The van der Waals surface area contributed by atoms with Gasteiger partial charge in [-0.25, -0.2) is 4.39 Å². The molecule has 2 N–H and O–H groups in total. The van der Waals surface area contributed by atoms with Gasteiger partial charge in [0.2, 0.25) is 0 Å². The summed E-state index contributed by atoms with van der Waals surface area (Å²) >= 11 is 0. The monoisotopic (exact) mass is 466 g/mol. The van der Waals surface area contributed by atoms with Gasteiger partial charge in [-0.15, -0.1) is 0 Å². The van der Waals surface area contributed by atoms with Crippen molar-refractivity contribution in [3.8, 4) is 0 Å². The first-order valence-corrected chi connectivity index (χ1v) is 11.0. The zero-order chi connectivity index (χ0) is 24.0. The maximum atomic E-state index is 14.2. The third-order valence-corrected chi connectivity index (χ3v) is 6.80. The fourth-order valence-electron chi connectivity index (χ4n) is 4.56. The summed E-state index contributed by atoms with van der Waals surface area (Å²) in [6.07, 6.45) is -0.340. The van der Waals surface area contributed by atoms with Gasteiger partial charge in [-0.3, -0.25) is 9.78 Å². The Morgan fingerprint density at radius 1 is 1.06 bits per heavy atom. The van der Waals surface area contributed by atoms with E-state index in [9.17, 15) is 32.6 Å². The number of aromatic nitrogens is 1. The van der Waals surface area contributed by atoms with E-state index < -0.39 is 23.2 Å². The van der Waals surface area contributed by atoms with Crippen LogP contribution < -0.4 is 0 Å². The molecule has 1 atom stereocenters. The topological polar surface area (TPSA) is 73.7 Å². The number of amides is 1. The van der Waals surface area contributed by atoms with Gasteiger partial charge in [-0.05, 0) is 75.3 Å². The summed E-state index contributed by atoms with van der Waals surface area (Å²) in [7, 11) is 0. The lowest BCUT2D eigenvalue weighted by molar-refractivity contribution is -0.258. The molecule has 0 bridgehead atoms. The van der Waals surface area contributed by atoms with Gasteiger partial charge in [0, 0.05) is 23.8 Å². The van der Waals surface area contributed by atoms with Gasteiger partial charge in [0.05, 0.1) is 0 Å². The maximum absolute atomic E-state index is 14.2. The molecule has 0 saturated heterocycles. The molecule has 2 aliphatic rings. The van der Waals surface area contributed by atoms with Gasteiger partial charge < -0.3 is 15.1 Å². The molecule has 0 unspecified atom stereocenters. The Morgan fingerprint density at radius 3 is 2.15 bits per heavy atom. The molecule has 2 saturated carbocycles. The Kier molecular flexibility index (Phi) is 5.99. The zero-order valence-corrected chi connectivity index (χ0v) is 18.1. The molecule has 0 radical (unpaired) electrons. The van der Waals surface area contributed by atoms with Gasteiger partial charge in [0.15, 0.2) is 5.60 Å². The van der Waals surface area contributed by atoms with Crippen molar-refractivity contribution >= 4 is 5.91 Å². The highest BCUT2D eigenvalue weighted by Crippen LogP contribution is 2.42. The molecule has 4 rings (SSSR count). The summed E-state index contributed by atoms with van der Waals surface area (Å²) in [5.41, 5.74) is -4.51. The second-order valence-electron chi connectivity index (χ2n) is 9.19. The van der Waals surface area contributed by atoms with Crippen LogP contribution in [-0.4, -0.2) is 44.3 Å². The third kappa shape index (κ3) is 4.48. The number of halogens is 4. The van der Waals surface area contributed by atoms with Crippen molar-refractivity contribution in [2.24, 2.45) is 0 Å². The van der Waals surface area contributed by atoms with Crippen molar-refractivity contribution in [2.75, 3.05) is 0 Å². The lowest BCUT2D eigenvalue weighted by Gasteiger charge is -2.41. The molecular formula is C24H26F4N2O3. The predicted octanol–water partition coefficient (Wildman–Crippen LogP) is 4.43. The van der Waals surface area contributed by atoms with E-state index in [4.69, 9.17) is 0 Å². The minimum Gasteiger partial charge on any atom is -0.383 e. The highest BCUT2D eigenvalue weighted by Gasteiger charge is 2.51. The van der Waals surface area contributed by atoms with Crippen LogP contribution in [0.1, 0.15) is 67.1 Å². The molecule has 5 nitrogen and oxygen atoms in total. The van der Waals surface area contributed by atoms with Crippen LogP contribution in [0.2, 0.25) is 0 Å². The van der Waals surface area contributed by atoms with Gasteiger partial charge in [-0.1, -0.05) is 12.1 Å². The Balaban J connectivity index is 1.50. The Morgan fingerprint density at radius 2 is 1.64 bits per heavy atom. The summed E-state index contributed by atoms with van der Waals surface area (Å²) < 4.78 is 53.5. The minimum absolute atomic E-state index is 0.0139. The van der Waals surface area contributed by atoms with E-state index >= 15 is 0 Å². The highest BCUT2D eigenvalue weighted by atomic mass is 19.4. The number of benzene rings is 1. The summed E-state index contributed by atoms with van der Waals surface area (Å²) in [4.78, 5) is 19.0. The largest absolute Gasteiger partial charge is 0.421 e. The first kappa shape index (κ1) is 23.6. The maximum Gasteiger partial charge on any atom is 0.421 e. The number of nitrogens with zero attached hydrogens (tertiary/aromatic N) is 2. The molecule has 1 amide bonds. The predicted molar refractivity (Wildman–Crippen MR) is 112 cm³/mol. The number of alkyl halides is 3. The number of carbonyl (C=O) groups is 1. The van der Waals surface area contributed by atoms with Crippen LogP contribution in [0.5, 0.6) is 0 Å². The fraction of sp³-hybridized carbons (Fsp3) is 0.500. The van der Waals surface area contributed by atoms with Crippen molar-refractivity contribution in [3.05, 3.63) is 65.2 Å². The summed E-state index contributed by atoms with van der Waals surface area (Å²) in [6.45, 7) is 0.675.